The summed E-state index contributed by atoms with van der Waals surface area (Å²) in [5, 5.41) is 17.8. The third-order valence-electron chi connectivity index (χ3n) is 6.31. The number of carbonyl (C=O) groups is 2. The average Bonchev–Trinajstić information content (AvgIpc) is 2.96. The Bertz CT molecular complexity index is 1680. The maximum Gasteiger partial charge on any atom is 0.416 e. The van der Waals surface area contributed by atoms with Gasteiger partial charge < -0.3 is 19.7 Å². The number of alkyl halides is 6. The second-order valence-corrected chi connectivity index (χ2v) is 9.92. The molecule has 4 aromatic rings. The van der Waals surface area contributed by atoms with Crippen molar-refractivity contribution in [2.24, 2.45) is 0 Å². The fourth-order valence-electron chi connectivity index (χ4n) is 4.14. The fourth-order valence-corrected chi connectivity index (χ4v) is 4.31. The van der Waals surface area contributed by atoms with Gasteiger partial charge in [-0.25, -0.2) is 9.59 Å². The van der Waals surface area contributed by atoms with Crippen LogP contribution in [0, 0.1) is 13.8 Å². The first-order chi connectivity index (χ1) is 21.0. The molecular formula is C32H25ClF6O6. The van der Waals surface area contributed by atoms with Crippen LogP contribution in [-0.4, -0.2) is 35.4 Å². The van der Waals surface area contributed by atoms with Gasteiger partial charge in [0.1, 0.15) is 11.5 Å². The van der Waals surface area contributed by atoms with E-state index in [0.717, 1.165) is 42.0 Å². The van der Waals surface area contributed by atoms with Crippen LogP contribution in [0.2, 0.25) is 5.02 Å². The molecule has 0 aromatic heterocycles. The molecule has 0 saturated heterocycles. The standard InChI is InChI=1S/C16H12ClF3O3.C16H13F3O3/c1-9-11(3-2-4-13(9)17)12-7-10(16(18,19)20)5-6-14(12)23-8-15(21)22;1-10-4-2-3-5-12(10)13-8-11(16(17,18)19)6-7-14(13)22-9-15(20)21/h2-7H,8H2,1H3,(H,21,22);2-8H,9H2,1H3,(H,20,21). The number of aryl methyl sites for hydroxylation is 1. The van der Waals surface area contributed by atoms with Gasteiger partial charge in [-0.1, -0.05) is 48.0 Å². The smallest absolute Gasteiger partial charge is 0.416 e. The first-order valence-corrected chi connectivity index (χ1v) is 13.3. The fraction of sp³-hybridized carbons (Fsp3) is 0.188. The Hall–Kier alpha value is -4.71. The lowest BCUT2D eigenvalue weighted by Gasteiger charge is -2.16. The summed E-state index contributed by atoms with van der Waals surface area (Å²) >= 11 is 6.02. The summed E-state index contributed by atoms with van der Waals surface area (Å²) < 4.78 is 87.7. The number of rotatable bonds is 8. The Morgan fingerprint density at radius 3 is 1.53 bits per heavy atom. The molecule has 4 aromatic carbocycles. The molecule has 0 aliphatic carbocycles. The second kappa shape index (κ2) is 14.4. The summed E-state index contributed by atoms with van der Waals surface area (Å²) in [5.41, 5.74) is 1.05. The van der Waals surface area contributed by atoms with E-state index in [2.05, 4.69) is 0 Å². The average molecular weight is 655 g/mol. The molecule has 238 valence electrons. The van der Waals surface area contributed by atoms with Gasteiger partial charge in [0.05, 0.1) is 11.1 Å². The molecule has 0 fully saturated rings. The Balaban J connectivity index is 0.000000246. The topological polar surface area (TPSA) is 93.1 Å². The molecule has 0 atom stereocenters. The first-order valence-electron chi connectivity index (χ1n) is 12.9. The van der Waals surface area contributed by atoms with E-state index in [4.69, 9.17) is 31.3 Å². The number of halogens is 7. The normalized spacial score (nSPS) is 11.3. The Morgan fingerprint density at radius 2 is 1.09 bits per heavy atom. The van der Waals surface area contributed by atoms with Crippen LogP contribution in [0.4, 0.5) is 26.3 Å². The van der Waals surface area contributed by atoms with Crippen molar-refractivity contribution in [1.29, 1.82) is 0 Å². The minimum atomic E-state index is -4.52. The molecule has 13 heteroatoms. The highest BCUT2D eigenvalue weighted by Crippen LogP contribution is 2.40. The van der Waals surface area contributed by atoms with Crippen LogP contribution in [0.25, 0.3) is 22.3 Å². The van der Waals surface area contributed by atoms with Crippen molar-refractivity contribution < 1.29 is 55.6 Å². The molecule has 2 N–H and O–H groups in total. The van der Waals surface area contributed by atoms with Crippen LogP contribution in [0.15, 0.2) is 78.9 Å². The number of ether oxygens (including phenoxy) is 2. The lowest BCUT2D eigenvalue weighted by molar-refractivity contribution is -0.140. The molecule has 0 saturated carbocycles. The summed E-state index contributed by atoms with van der Waals surface area (Å²) in [6, 6.07) is 17.6. The molecule has 0 unspecified atom stereocenters. The van der Waals surface area contributed by atoms with E-state index in [1.807, 2.05) is 0 Å². The third kappa shape index (κ3) is 9.39. The van der Waals surface area contributed by atoms with E-state index in [-0.39, 0.29) is 22.6 Å². The van der Waals surface area contributed by atoms with Crippen LogP contribution < -0.4 is 9.47 Å². The lowest BCUT2D eigenvalue weighted by atomic mass is 9.97. The summed E-state index contributed by atoms with van der Waals surface area (Å²) in [5.74, 6) is -2.27. The van der Waals surface area contributed by atoms with Gasteiger partial charge in [0.25, 0.3) is 0 Å². The van der Waals surface area contributed by atoms with Gasteiger partial charge in [0.2, 0.25) is 0 Å². The van der Waals surface area contributed by atoms with Crippen molar-refractivity contribution in [3.05, 3.63) is 106 Å². The van der Waals surface area contributed by atoms with Gasteiger partial charge in [-0.3, -0.25) is 0 Å². The summed E-state index contributed by atoms with van der Waals surface area (Å²) in [4.78, 5) is 21.3. The van der Waals surface area contributed by atoms with Gasteiger partial charge in [-0.15, -0.1) is 0 Å². The number of carboxylic acids is 2. The molecule has 4 rings (SSSR count). The second-order valence-electron chi connectivity index (χ2n) is 9.51. The van der Waals surface area contributed by atoms with E-state index in [1.165, 1.54) is 0 Å². The summed E-state index contributed by atoms with van der Waals surface area (Å²) in [6.45, 7) is 2.15. The monoisotopic (exact) mass is 654 g/mol. The molecule has 0 bridgehead atoms. The van der Waals surface area contributed by atoms with Crippen LogP contribution in [0.1, 0.15) is 22.3 Å². The minimum Gasteiger partial charge on any atom is -0.481 e. The highest BCUT2D eigenvalue weighted by atomic mass is 35.5. The number of aliphatic carboxylic acids is 2. The van der Waals surface area contributed by atoms with Gasteiger partial charge in [0.15, 0.2) is 13.2 Å². The minimum absolute atomic E-state index is 0.0470. The number of carboxylic acid groups (broad SMARTS) is 2. The molecule has 45 heavy (non-hydrogen) atoms. The van der Waals surface area contributed by atoms with Crippen LogP contribution >= 0.6 is 11.6 Å². The Kier molecular flexibility index (Phi) is 11.1. The highest BCUT2D eigenvalue weighted by Gasteiger charge is 2.32. The van der Waals surface area contributed by atoms with Crippen LogP contribution in [0.3, 0.4) is 0 Å². The van der Waals surface area contributed by atoms with Crippen molar-refractivity contribution in [2.45, 2.75) is 26.2 Å². The van der Waals surface area contributed by atoms with E-state index in [0.29, 0.717) is 21.7 Å². The van der Waals surface area contributed by atoms with Crippen molar-refractivity contribution in [3.8, 4) is 33.8 Å². The quantitative estimate of drug-likeness (QED) is 0.184. The van der Waals surface area contributed by atoms with Gasteiger partial charge in [-0.05, 0) is 78.6 Å². The SMILES string of the molecule is Cc1c(Cl)cccc1-c1cc(C(F)(F)F)ccc1OCC(=O)O.Cc1ccccc1-c1cc(C(F)(F)F)ccc1OCC(=O)O. The van der Waals surface area contributed by atoms with Crippen molar-refractivity contribution >= 4 is 23.5 Å². The van der Waals surface area contributed by atoms with Crippen molar-refractivity contribution in [1.82, 2.24) is 0 Å². The zero-order chi connectivity index (χ0) is 33.5. The highest BCUT2D eigenvalue weighted by molar-refractivity contribution is 6.31. The predicted octanol–water partition coefficient (Wildman–Crippen LogP) is 8.94. The van der Waals surface area contributed by atoms with E-state index in [1.54, 1.807) is 56.3 Å². The van der Waals surface area contributed by atoms with Crippen molar-refractivity contribution in [2.75, 3.05) is 13.2 Å². The van der Waals surface area contributed by atoms with Crippen LogP contribution in [0.5, 0.6) is 11.5 Å². The van der Waals surface area contributed by atoms with E-state index < -0.39 is 48.6 Å². The molecule has 6 nitrogen and oxygen atoms in total. The number of hydrogen-bond donors (Lipinski definition) is 2. The van der Waals surface area contributed by atoms with Gasteiger partial charge in [0, 0.05) is 16.1 Å². The molecule has 0 heterocycles. The largest absolute Gasteiger partial charge is 0.481 e. The van der Waals surface area contributed by atoms with E-state index >= 15 is 0 Å². The molecule has 0 radical (unpaired) electrons. The van der Waals surface area contributed by atoms with Crippen LogP contribution in [-0.2, 0) is 21.9 Å². The Morgan fingerprint density at radius 1 is 0.644 bits per heavy atom. The molecule has 0 aliphatic rings. The lowest BCUT2D eigenvalue weighted by Crippen LogP contribution is -2.11. The zero-order valence-electron chi connectivity index (χ0n) is 23.6. The number of hydrogen-bond acceptors (Lipinski definition) is 4. The molecular weight excluding hydrogens is 630 g/mol. The maximum absolute atomic E-state index is 12.9. The Labute approximate surface area is 258 Å². The summed E-state index contributed by atoms with van der Waals surface area (Å²) in [6.07, 6.45) is -9.00. The zero-order valence-corrected chi connectivity index (χ0v) is 24.3. The van der Waals surface area contributed by atoms with Gasteiger partial charge >= 0.3 is 24.3 Å². The first kappa shape index (κ1) is 34.8. The molecule has 0 aliphatic heterocycles. The van der Waals surface area contributed by atoms with E-state index in [9.17, 15) is 35.9 Å². The predicted molar refractivity (Wildman–Crippen MR) is 155 cm³/mol. The van der Waals surface area contributed by atoms with Gasteiger partial charge in [-0.2, -0.15) is 26.3 Å². The third-order valence-corrected chi connectivity index (χ3v) is 6.72. The number of benzene rings is 4. The maximum atomic E-state index is 12.9. The molecule has 0 amide bonds. The van der Waals surface area contributed by atoms with Crippen molar-refractivity contribution in [3.63, 3.8) is 0 Å². The summed E-state index contributed by atoms with van der Waals surface area (Å²) in [7, 11) is 0. The molecule has 0 spiro atoms.